The summed E-state index contributed by atoms with van der Waals surface area (Å²) in [4.78, 5) is 11.1. The lowest BCUT2D eigenvalue weighted by Crippen LogP contribution is -2.22. The third kappa shape index (κ3) is 6.05. The molecule has 0 radical (unpaired) electrons. The molecule has 3 aromatic carbocycles. The van der Waals surface area contributed by atoms with Gasteiger partial charge in [0.05, 0.1) is 28.2 Å². The first-order chi connectivity index (χ1) is 18.2. The van der Waals surface area contributed by atoms with Gasteiger partial charge in [-0.05, 0) is 48.0 Å². The van der Waals surface area contributed by atoms with Gasteiger partial charge in [0.25, 0.3) is 0 Å². The zero-order valence-electron chi connectivity index (χ0n) is 20.3. The van der Waals surface area contributed by atoms with Crippen LogP contribution in [-0.2, 0) is 16.4 Å². The van der Waals surface area contributed by atoms with Crippen molar-refractivity contribution in [1.82, 2.24) is 4.98 Å². The van der Waals surface area contributed by atoms with Gasteiger partial charge in [-0.1, -0.05) is 29.8 Å². The van der Waals surface area contributed by atoms with Crippen molar-refractivity contribution in [2.24, 2.45) is 10.7 Å². The van der Waals surface area contributed by atoms with Crippen LogP contribution in [0, 0.1) is 5.82 Å². The first-order valence-corrected chi connectivity index (χ1v) is 15.0. The largest absolute Gasteiger partial charge is 0.487 e. The number of thiazole rings is 1. The van der Waals surface area contributed by atoms with Gasteiger partial charge < -0.3 is 15.4 Å². The van der Waals surface area contributed by atoms with E-state index in [1.807, 2.05) is 46.8 Å². The normalized spacial score (nSPS) is 13.8. The number of ether oxygens (including phenoxy) is 1. The van der Waals surface area contributed by atoms with Gasteiger partial charge in [0.1, 0.15) is 39.7 Å². The van der Waals surface area contributed by atoms with Crippen molar-refractivity contribution in [2.75, 3.05) is 23.6 Å². The fourth-order valence-corrected chi connectivity index (χ4v) is 6.11. The summed E-state index contributed by atoms with van der Waals surface area (Å²) in [7, 11) is -3.21. The minimum atomic E-state index is -3.21. The minimum Gasteiger partial charge on any atom is -0.487 e. The Hall–Kier alpha value is -3.31. The van der Waals surface area contributed by atoms with Gasteiger partial charge in [0.2, 0.25) is 0 Å². The molecule has 1 atom stereocenters. The molecule has 2 heterocycles. The van der Waals surface area contributed by atoms with Crippen molar-refractivity contribution in [3.8, 4) is 17.0 Å². The molecule has 0 fully saturated rings. The third-order valence-corrected chi connectivity index (χ3v) is 8.14. The number of rotatable bonds is 8. The summed E-state index contributed by atoms with van der Waals surface area (Å²) < 4.78 is 42.4. The van der Waals surface area contributed by atoms with Gasteiger partial charge in [-0.3, -0.25) is 4.99 Å². The Morgan fingerprint density at radius 2 is 2.03 bits per heavy atom. The Kier molecular flexibility index (Phi) is 7.49. The molecular weight excluding hydrogens is 547 g/mol. The highest BCUT2D eigenvalue weighted by molar-refractivity contribution is 7.90. The van der Waals surface area contributed by atoms with Gasteiger partial charge in [0, 0.05) is 34.7 Å². The molecule has 1 aliphatic heterocycles. The second-order valence-electron chi connectivity index (χ2n) is 8.96. The molecule has 0 aliphatic carbocycles. The molecular formula is C27H24ClFN4O3S2. The fourth-order valence-electron chi connectivity index (χ4n) is 4.13. The number of benzene rings is 3. The van der Waals surface area contributed by atoms with E-state index in [4.69, 9.17) is 22.1 Å². The molecule has 7 nitrogen and oxygen atoms in total. The molecule has 0 amide bonds. The Bertz CT molecular complexity index is 1620. The molecule has 1 aromatic heterocycles. The monoisotopic (exact) mass is 570 g/mol. The summed E-state index contributed by atoms with van der Waals surface area (Å²) in [6.07, 6.45) is 2.98. The summed E-state index contributed by atoms with van der Waals surface area (Å²) in [5, 5.41) is 2.89. The maximum atomic E-state index is 13.4. The van der Waals surface area contributed by atoms with Crippen molar-refractivity contribution in [1.29, 1.82) is 0 Å². The maximum absolute atomic E-state index is 13.4. The number of aromatic nitrogens is 1. The minimum absolute atomic E-state index is 0.150. The Labute approximate surface area is 229 Å². The lowest BCUT2D eigenvalue weighted by atomic mass is 10.0. The first kappa shape index (κ1) is 26.3. The van der Waals surface area contributed by atoms with Crippen LogP contribution in [0.25, 0.3) is 11.3 Å². The zero-order chi connectivity index (χ0) is 26.9. The molecule has 2 N–H and O–H groups in total. The molecule has 0 spiro atoms. The van der Waals surface area contributed by atoms with Crippen molar-refractivity contribution < 1.29 is 17.5 Å². The highest BCUT2D eigenvalue weighted by Gasteiger charge is 2.20. The number of hydrogen-bond acceptors (Lipinski definition) is 8. The molecule has 0 bridgehead atoms. The molecule has 38 heavy (non-hydrogen) atoms. The molecule has 196 valence electrons. The number of hydrogen-bond donors (Lipinski definition) is 1. The van der Waals surface area contributed by atoms with Crippen LogP contribution in [-0.4, -0.2) is 38.3 Å². The third-order valence-electron chi connectivity index (χ3n) is 5.90. The molecule has 1 unspecified atom stereocenters. The summed E-state index contributed by atoms with van der Waals surface area (Å²) in [5.41, 5.74) is 11.1. The molecule has 4 aromatic rings. The van der Waals surface area contributed by atoms with Crippen LogP contribution in [0.3, 0.4) is 0 Å². The Balaban J connectivity index is 1.34. The topological polar surface area (TPSA) is 97.9 Å². The zero-order valence-corrected chi connectivity index (χ0v) is 22.7. The van der Waals surface area contributed by atoms with Gasteiger partial charge in [0.15, 0.2) is 0 Å². The van der Waals surface area contributed by atoms with Gasteiger partial charge in [-0.15, -0.1) is 11.3 Å². The predicted molar refractivity (Wildman–Crippen MR) is 151 cm³/mol. The van der Waals surface area contributed by atoms with E-state index in [9.17, 15) is 12.8 Å². The number of nitrogens with zero attached hydrogens (tertiary/aromatic N) is 3. The number of sulfone groups is 1. The number of anilines is 2. The number of halogens is 2. The van der Waals surface area contributed by atoms with E-state index in [-0.39, 0.29) is 18.2 Å². The van der Waals surface area contributed by atoms with Crippen LogP contribution in [0.1, 0.15) is 22.2 Å². The SMILES string of the molecule is CS(=O)(=O)CC(N)c1nc(-c2ccc3c(c2)C=NCN3c2ccc(OCc3cccc(F)c3)c(Cl)c2)cs1. The van der Waals surface area contributed by atoms with Crippen molar-refractivity contribution >= 4 is 50.4 Å². The molecule has 0 saturated carbocycles. The van der Waals surface area contributed by atoms with Crippen molar-refractivity contribution in [3.05, 3.63) is 93.0 Å². The van der Waals surface area contributed by atoms with Crippen molar-refractivity contribution in [3.63, 3.8) is 0 Å². The van der Waals surface area contributed by atoms with Crippen LogP contribution >= 0.6 is 22.9 Å². The number of fused-ring (bicyclic) bond motifs is 1. The summed E-state index contributed by atoms with van der Waals surface area (Å²) >= 11 is 7.87. The highest BCUT2D eigenvalue weighted by Crippen LogP contribution is 2.37. The smallest absolute Gasteiger partial charge is 0.149 e. The second kappa shape index (κ2) is 10.8. The van der Waals surface area contributed by atoms with E-state index in [0.717, 1.165) is 34.5 Å². The summed E-state index contributed by atoms with van der Waals surface area (Å²) in [5.74, 6) is 0.0399. The van der Waals surface area contributed by atoms with Crippen LogP contribution in [0.5, 0.6) is 5.75 Å². The van der Waals surface area contributed by atoms with Gasteiger partial charge >= 0.3 is 0 Å². The standard InChI is InChI=1S/C27H24ClFN4O3S2/c1-38(34,35)15-23(30)27-32-24(14-37-27)18-5-7-25-19(10-18)12-31-16-33(25)21-6-8-26(22(28)11-21)36-13-17-3-2-4-20(29)9-17/h2-12,14,23H,13,15-16,30H2,1H3. The van der Waals surface area contributed by atoms with E-state index in [1.165, 1.54) is 23.5 Å². The van der Waals surface area contributed by atoms with Crippen LogP contribution in [0.4, 0.5) is 15.8 Å². The van der Waals surface area contributed by atoms with Gasteiger partial charge in [-0.2, -0.15) is 0 Å². The van der Waals surface area contributed by atoms with E-state index in [0.29, 0.717) is 28.0 Å². The van der Waals surface area contributed by atoms with E-state index in [2.05, 4.69) is 9.98 Å². The maximum Gasteiger partial charge on any atom is 0.149 e. The number of nitrogens with two attached hydrogens (primary N) is 1. The van der Waals surface area contributed by atoms with E-state index >= 15 is 0 Å². The Morgan fingerprint density at radius 3 is 2.79 bits per heavy atom. The first-order valence-electron chi connectivity index (χ1n) is 11.6. The quantitative estimate of drug-likeness (QED) is 0.289. The summed E-state index contributed by atoms with van der Waals surface area (Å²) in [6.45, 7) is 0.626. The second-order valence-corrected chi connectivity index (χ2v) is 12.4. The lowest BCUT2D eigenvalue weighted by Gasteiger charge is -2.28. The molecule has 0 saturated heterocycles. The molecule has 11 heteroatoms. The molecule has 1 aliphatic rings. The van der Waals surface area contributed by atoms with Crippen LogP contribution in [0.15, 0.2) is 71.0 Å². The van der Waals surface area contributed by atoms with Crippen LogP contribution < -0.4 is 15.4 Å². The van der Waals surface area contributed by atoms with E-state index < -0.39 is 15.9 Å². The van der Waals surface area contributed by atoms with Crippen molar-refractivity contribution in [2.45, 2.75) is 12.6 Å². The number of aliphatic imine (C=N–C) groups is 1. The highest BCUT2D eigenvalue weighted by atomic mass is 35.5. The predicted octanol–water partition coefficient (Wildman–Crippen LogP) is 5.75. The average Bonchev–Trinajstić information content (AvgIpc) is 3.37. The van der Waals surface area contributed by atoms with Crippen LogP contribution in [0.2, 0.25) is 5.02 Å². The average molecular weight is 571 g/mol. The molecule has 5 rings (SSSR count). The van der Waals surface area contributed by atoms with Gasteiger partial charge in [-0.25, -0.2) is 17.8 Å². The summed E-state index contributed by atoms with van der Waals surface area (Å²) in [6, 6.07) is 17.0. The fraction of sp³-hybridized carbons (Fsp3) is 0.185. The van der Waals surface area contributed by atoms with E-state index in [1.54, 1.807) is 18.2 Å². The Morgan fingerprint density at radius 1 is 1.18 bits per heavy atom. The lowest BCUT2D eigenvalue weighted by molar-refractivity contribution is 0.306.